The second-order valence-corrected chi connectivity index (χ2v) is 9.04. The molecule has 0 radical (unpaired) electrons. The lowest BCUT2D eigenvalue weighted by Gasteiger charge is -2.13. The minimum absolute atomic E-state index is 0.0906. The zero-order valence-electron chi connectivity index (χ0n) is 18.5. The number of aromatic nitrogens is 1. The van der Waals surface area contributed by atoms with Crippen molar-refractivity contribution in [2.24, 2.45) is 0 Å². The molecule has 2 amide bonds. The van der Waals surface area contributed by atoms with E-state index in [1.165, 1.54) is 16.0 Å². The molecular formula is C26H23N3O2S. The number of hydrogen-bond donors (Lipinski definition) is 0. The van der Waals surface area contributed by atoms with Crippen LogP contribution in [0.15, 0.2) is 53.4 Å². The molecule has 6 heteroatoms. The molecule has 0 bridgehead atoms. The first-order chi connectivity index (χ1) is 15.3. The van der Waals surface area contributed by atoms with Crippen LogP contribution >= 0.6 is 11.8 Å². The highest BCUT2D eigenvalue weighted by Gasteiger charge is 2.35. The van der Waals surface area contributed by atoms with Gasteiger partial charge in [-0.25, -0.2) is 0 Å². The average molecular weight is 442 g/mol. The lowest BCUT2D eigenvalue weighted by molar-refractivity contribution is -0.123. The van der Waals surface area contributed by atoms with Crippen molar-refractivity contribution in [1.29, 1.82) is 5.26 Å². The van der Waals surface area contributed by atoms with E-state index in [1.807, 2.05) is 19.9 Å². The number of rotatable bonds is 4. The van der Waals surface area contributed by atoms with Gasteiger partial charge in [0, 0.05) is 17.1 Å². The van der Waals surface area contributed by atoms with E-state index in [9.17, 15) is 14.9 Å². The van der Waals surface area contributed by atoms with Crippen LogP contribution in [0.25, 0.3) is 11.8 Å². The van der Waals surface area contributed by atoms with E-state index < -0.39 is 0 Å². The number of thioether (sulfide) groups is 1. The van der Waals surface area contributed by atoms with E-state index in [2.05, 4.69) is 42.7 Å². The maximum atomic E-state index is 13.0. The maximum Gasteiger partial charge on any atom is 0.293 e. The molecule has 2 aromatic carbocycles. The molecule has 0 spiro atoms. The van der Waals surface area contributed by atoms with Crippen LogP contribution in [0.4, 0.5) is 4.79 Å². The Kier molecular flexibility index (Phi) is 5.77. The summed E-state index contributed by atoms with van der Waals surface area (Å²) in [6.45, 7) is 8.29. The predicted octanol–water partition coefficient (Wildman–Crippen LogP) is 5.82. The summed E-state index contributed by atoms with van der Waals surface area (Å²) < 4.78 is 2.17. The molecule has 4 rings (SSSR count). The molecule has 32 heavy (non-hydrogen) atoms. The fraction of sp³-hybridized carbons (Fsp3) is 0.192. The summed E-state index contributed by atoms with van der Waals surface area (Å²) in [6, 6.07) is 17.6. The Bertz CT molecular complexity index is 1310. The summed E-state index contributed by atoms with van der Waals surface area (Å²) in [7, 11) is 0. The molecule has 1 aromatic heterocycles. The van der Waals surface area contributed by atoms with Gasteiger partial charge in [-0.2, -0.15) is 5.26 Å². The van der Waals surface area contributed by atoms with E-state index in [0.29, 0.717) is 16.0 Å². The first kappa shape index (κ1) is 21.7. The number of benzene rings is 2. The summed E-state index contributed by atoms with van der Waals surface area (Å²) in [4.78, 5) is 27.2. The zero-order chi connectivity index (χ0) is 23.0. The van der Waals surface area contributed by atoms with Crippen LogP contribution in [0, 0.1) is 39.0 Å². The molecule has 160 valence electrons. The number of carbonyl (C=O) groups is 2. The molecule has 1 aliphatic heterocycles. The number of amides is 2. The van der Waals surface area contributed by atoms with Crippen LogP contribution in [0.5, 0.6) is 0 Å². The Hall–Kier alpha value is -3.56. The van der Waals surface area contributed by atoms with E-state index in [0.717, 1.165) is 34.4 Å². The first-order valence-electron chi connectivity index (χ1n) is 10.3. The monoisotopic (exact) mass is 441 g/mol. The normalized spacial score (nSPS) is 15.0. The molecule has 0 unspecified atom stereocenters. The molecule has 0 aliphatic carbocycles. The van der Waals surface area contributed by atoms with Gasteiger partial charge < -0.3 is 4.57 Å². The second kappa shape index (κ2) is 8.52. The third-order valence-electron chi connectivity index (χ3n) is 5.56. The Morgan fingerprint density at radius 3 is 2.38 bits per heavy atom. The van der Waals surface area contributed by atoms with Gasteiger partial charge in [-0.15, -0.1) is 0 Å². The molecule has 5 nitrogen and oxygen atoms in total. The van der Waals surface area contributed by atoms with Crippen LogP contribution in [0.2, 0.25) is 0 Å². The van der Waals surface area contributed by atoms with Gasteiger partial charge >= 0.3 is 0 Å². The van der Waals surface area contributed by atoms with E-state index in [-0.39, 0.29) is 17.7 Å². The lowest BCUT2D eigenvalue weighted by atomic mass is 10.1. The highest BCUT2D eigenvalue weighted by Crippen LogP contribution is 2.35. The van der Waals surface area contributed by atoms with Gasteiger partial charge in [0.15, 0.2) is 0 Å². The Morgan fingerprint density at radius 2 is 1.69 bits per heavy atom. The number of imide groups is 1. The third kappa shape index (κ3) is 4.00. The summed E-state index contributed by atoms with van der Waals surface area (Å²) >= 11 is 0.940. The first-order valence-corrected chi connectivity index (χ1v) is 11.1. The lowest BCUT2D eigenvalue weighted by Crippen LogP contribution is -2.27. The van der Waals surface area contributed by atoms with Crippen molar-refractivity contribution in [3.63, 3.8) is 0 Å². The van der Waals surface area contributed by atoms with Gasteiger partial charge in [-0.05, 0) is 92.1 Å². The van der Waals surface area contributed by atoms with Crippen LogP contribution in [0.3, 0.4) is 0 Å². The molecule has 0 N–H and O–H groups in total. The van der Waals surface area contributed by atoms with Gasteiger partial charge in [-0.1, -0.05) is 24.3 Å². The molecule has 0 atom stereocenters. The SMILES string of the molecule is Cc1cc(C)cc(-n2c(C)cc(/C=C3/SC(=O)N(Cc4ccccc4C#N)C3=O)c2C)c1. The maximum absolute atomic E-state index is 13.0. The summed E-state index contributed by atoms with van der Waals surface area (Å²) in [6.07, 6.45) is 1.79. The van der Waals surface area contributed by atoms with Crippen molar-refractivity contribution in [3.8, 4) is 11.8 Å². The van der Waals surface area contributed by atoms with Gasteiger partial charge in [0.05, 0.1) is 23.1 Å². The third-order valence-corrected chi connectivity index (χ3v) is 6.47. The van der Waals surface area contributed by atoms with Gasteiger partial charge in [0.2, 0.25) is 0 Å². The minimum atomic E-state index is -0.330. The van der Waals surface area contributed by atoms with Gasteiger partial charge in [0.1, 0.15) is 0 Å². The van der Waals surface area contributed by atoms with E-state index >= 15 is 0 Å². The molecule has 3 aromatic rings. The summed E-state index contributed by atoms with van der Waals surface area (Å²) in [5.74, 6) is -0.330. The highest BCUT2D eigenvalue weighted by molar-refractivity contribution is 8.18. The summed E-state index contributed by atoms with van der Waals surface area (Å²) in [5, 5.41) is 8.98. The standard InChI is InChI=1S/C26H23N3O2S/c1-16-9-17(2)11-23(10-16)29-18(3)12-22(19(29)4)13-24-25(30)28(26(31)32-24)15-21-8-6-5-7-20(21)14-27/h5-13H,15H2,1-4H3/b24-13+. The quantitative estimate of drug-likeness (QED) is 0.479. The van der Waals surface area contributed by atoms with E-state index in [4.69, 9.17) is 0 Å². The highest BCUT2D eigenvalue weighted by atomic mass is 32.2. The van der Waals surface area contributed by atoms with Crippen LogP contribution < -0.4 is 0 Å². The van der Waals surface area contributed by atoms with Crippen LogP contribution in [0.1, 0.15) is 39.2 Å². The number of carbonyl (C=O) groups excluding carboxylic acids is 2. The Balaban J connectivity index is 1.66. The predicted molar refractivity (Wildman–Crippen MR) is 127 cm³/mol. The van der Waals surface area contributed by atoms with Crippen molar-refractivity contribution < 1.29 is 9.59 Å². The summed E-state index contributed by atoms with van der Waals surface area (Å²) in [5.41, 5.74) is 7.55. The largest absolute Gasteiger partial charge is 0.318 e. The van der Waals surface area contributed by atoms with Crippen molar-refractivity contribution in [2.45, 2.75) is 34.2 Å². The van der Waals surface area contributed by atoms with Crippen molar-refractivity contribution in [1.82, 2.24) is 9.47 Å². The minimum Gasteiger partial charge on any atom is -0.318 e. The topological polar surface area (TPSA) is 66.1 Å². The fourth-order valence-electron chi connectivity index (χ4n) is 4.13. The fourth-order valence-corrected chi connectivity index (χ4v) is 4.96. The molecule has 0 saturated carbocycles. The average Bonchev–Trinajstić information content (AvgIpc) is 3.17. The van der Waals surface area contributed by atoms with Crippen molar-refractivity contribution >= 4 is 29.0 Å². The van der Waals surface area contributed by atoms with Crippen molar-refractivity contribution in [3.05, 3.63) is 92.6 Å². The van der Waals surface area contributed by atoms with Gasteiger partial charge in [-0.3, -0.25) is 14.5 Å². The zero-order valence-corrected chi connectivity index (χ0v) is 19.3. The molecule has 1 fully saturated rings. The number of aryl methyl sites for hydroxylation is 3. The Labute approximate surface area is 192 Å². The van der Waals surface area contributed by atoms with E-state index in [1.54, 1.807) is 30.3 Å². The second-order valence-electron chi connectivity index (χ2n) is 8.04. The smallest absolute Gasteiger partial charge is 0.293 e. The molecular weight excluding hydrogens is 418 g/mol. The Morgan fingerprint density at radius 1 is 1.00 bits per heavy atom. The van der Waals surface area contributed by atoms with Gasteiger partial charge in [0.25, 0.3) is 11.1 Å². The number of nitrogens with zero attached hydrogens (tertiary/aromatic N) is 3. The number of hydrogen-bond acceptors (Lipinski definition) is 4. The molecule has 2 heterocycles. The van der Waals surface area contributed by atoms with Crippen LogP contribution in [-0.2, 0) is 11.3 Å². The molecule has 1 saturated heterocycles. The molecule has 1 aliphatic rings. The number of nitriles is 1. The van der Waals surface area contributed by atoms with Crippen LogP contribution in [-0.4, -0.2) is 20.6 Å². The van der Waals surface area contributed by atoms with Crippen molar-refractivity contribution in [2.75, 3.05) is 0 Å².